The number of carbonyl (C=O) groups excluding carboxylic acids is 1. The van der Waals surface area contributed by atoms with Crippen LogP contribution in [0.3, 0.4) is 0 Å². The summed E-state index contributed by atoms with van der Waals surface area (Å²) in [4.78, 5) is 22.6. The molecule has 0 saturated carbocycles. The summed E-state index contributed by atoms with van der Waals surface area (Å²) in [7, 11) is 0. The molecule has 3 rings (SSSR count). The van der Waals surface area contributed by atoms with Crippen LogP contribution in [0, 0.1) is 0 Å². The first-order valence-corrected chi connectivity index (χ1v) is 8.26. The number of aromatic nitrogens is 2. The van der Waals surface area contributed by atoms with Crippen molar-refractivity contribution in [3.63, 3.8) is 0 Å². The quantitative estimate of drug-likeness (QED) is 0.921. The Kier molecular flexibility index (Phi) is 4.34. The normalized spacial score (nSPS) is 14.0. The third-order valence-corrected chi connectivity index (χ3v) is 4.83. The highest BCUT2D eigenvalue weighted by molar-refractivity contribution is 7.18. The highest BCUT2D eigenvalue weighted by atomic mass is 32.1. The first-order chi connectivity index (χ1) is 10.3. The maximum Gasteiger partial charge on any atom is 0.258 e. The molecule has 0 fully saturated rings. The summed E-state index contributed by atoms with van der Waals surface area (Å²) < 4.78 is 5.65. The van der Waals surface area contributed by atoms with E-state index < -0.39 is 0 Å². The van der Waals surface area contributed by atoms with Gasteiger partial charge >= 0.3 is 0 Å². The van der Waals surface area contributed by atoms with Crippen LogP contribution in [0.25, 0.3) is 10.2 Å². The van der Waals surface area contributed by atoms with E-state index >= 15 is 0 Å². The maximum absolute atomic E-state index is 11.7. The fourth-order valence-electron chi connectivity index (χ4n) is 2.62. The van der Waals surface area contributed by atoms with E-state index in [-0.39, 0.29) is 12.5 Å². The number of nitrogens with one attached hydrogen (secondary N) is 1. The summed E-state index contributed by atoms with van der Waals surface area (Å²) in [6, 6.07) is 0. The lowest BCUT2D eigenvalue weighted by atomic mass is 9.97. The van der Waals surface area contributed by atoms with Crippen molar-refractivity contribution in [2.24, 2.45) is 0 Å². The minimum atomic E-state index is -0.104. The third-order valence-electron chi connectivity index (χ3n) is 3.63. The second-order valence-electron chi connectivity index (χ2n) is 5.21. The second-order valence-corrected chi connectivity index (χ2v) is 6.29. The van der Waals surface area contributed by atoms with Crippen molar-refractivity contribution in [3.8, 4) is 5.88 Å². The molecule has 0 aromatic carbocycles. The summed E-state index contributed by atoms with van der Waals surface area (Å²) in [6.07, 6.45) is 7.05. The number of thiophene rings is 1. The number of hydrogen-bond donors (Lipinski definition) is 1. The number of carbonyl (C=O) groups is 1. The van der Waals surface area contributed by atoms with Gasteiger partial charge in [0.1, 0.15) is 11.2 Å². The maximum atomic E-state index is 11.7. The highest BCUT2D eigenvalue weighted by Gasteiger charge is 2.20. The third kappa shape index (κ3) is 3.00. The van der Waals surface area contributed by atoms with Crippen molar-refractivity contribution in [2.45, 2.75) is 39.0 Å². The Balaban J connectivity index is 1.82. The zero-order chi connectivity index (χ0) is 14.7. The van der Waals surface area contributed by atoms with E-state index in [4.69, 9.17) is 4.74 Å². The van der Waals surface area contributed by atoms with Gasteiger partial charge in [0.05, 0.1) is 5.39 Å². The van der Waals surface area contributed by atoms with E-state index in [0.29, 0.717) is 12.4 Å². The van der Waals surface area contributed by atoms with Crippen LogP contribution >= 0.6 is 11.3 Å². The molecule has 0 atom stereocenters. The summed E-state index contributed by atoms with van der Waals surface area (Å²) in [5.41, 5.74) is 1.32. The Bertz CT molecular complexity index is 654. The van der Waals surface area contributed by atoms with Gasteiger partial charge in [-0.2, -0.15) is 0 Å². The van der Waals surface area contributed by atoms with Crippen LogP contribution < -0.4 is 10.1 Å². The van der Waals surface area contributed by atoms with Gasteiger partial charge in [-0.25, -0.2) is 9.97 Å². The van der Waals surface area contributed by atoms with Gasteiger partial charge in [-0.15, -0.1) is 11.3 Å². The molecule has 1 amide bonds. The van der Waals surface area contributed by atoms with Gasteiger partial charge in [-0.1, -0.05) is 6.92 Å². The highest BCUT2D eigenvalue weighted by Crippen LogP contribution is 2.38. The number of aryl methyl sites for hydroxylation is 2. The molecule has 0 unspecified atom stereocenters. The van der Waals surface area contributed by atoms with Crippen molar-refractivity contribution in [1.82, 2.24) is 15.3 Å². The molecule has 0 bridgehead atoms. The Morgan fingerprint density at radius 2 is 2.24 bits per heavy atom. The Hall–Kier alpha value is -1.69. The van der Waals surface area contributed by atoms with Crippen LogP contribution in [-0.2, 0) is 17.6 Å². The molecule has 2 aromatic rings. The minimum absolute atomic E-state index is 0.0106. The van der Waals surface area contributed by atoms with Crippen LogP contribution in [0.15, 0.2) is 6.33 Å². The number of ether oxygens (including phenoxy) is 1. The molecule has 5 nitrogen and oxygen atoms in total. The number of fused-ring (bicyclic) bond motifs is 3. The molecule has 0 radical (unpaired) electrons. The lowest BCUT2D eigenvalue weighted by Gasteiger charge is -2.12. The van der Waals surface area contributed by atoms with Gasteiger partial charge in [0.2, 0.25) is 5.88 Å². The molecule has 1 aliphatic rings. The fourth-order valence-corrected chi connectivity index (χ4v) is 3.84. The number of nitrogens with zero attached hydrogens (tertiary/aromatic N) is 2. The predicted octanol–water partition coefficient (Wildman–Crippen LogP) is 2.48. The van der Waals surface area contributed by atoms with Crippen molar-refractivity contribution in [2.75, 3.05) is 13.2 Å². The van der Waals surface area contributed by atoms with Gasteiger partial charge in [-0.05, 0) is 37.7 Å². The lowest BCUT2D eigenvalue weighted by Crippen LogP contribution is -2.29. The van der Waals surface area contributed by atoms with E-state index in [9.17, 15) is 4.79 Å². The number of amides is 1. The van der Waals surface area contributed by atoms with Crippen LogP contribution in [0.1, 0.15) is 36.6 Å². The lowest BCUT2D eigenvalue weighted by molar-refractivity contribution is -0.123. The summed E-state index contributed by atoms with van der Waals surface area (Å²) in [6.45, 7) is 2.71. The summed E-state index contributed by atoms with van der Waals surface area (Å²) >= 11 is 1.73. The molecule has 21 heavy (non-hydrogen) atoms. The van der Waals surface area contributed by atoms with E-state index in [0.717, 1.165) is 29.5 Å². The van der Waals surface area contributed by atoms with Crippen LogP contribution in [0.5, 0.6) is 5.88 Å². The van der Waals surface area contributed by atoms with E-state index in [2.05, 4.69) is 15.3 Å². The van der Waals surface area contributed by atoms with Gasteiger partial charge in [0.25, 0.3) is 5.91 Å². The van der Waals surface area contributed by atoms with Gasteiger partial charge in [0.15, 0.2) is 6.61 Å². The topological polar surface area (TPSA) is 64.1 Å². The Morgan fingerprint density at radius 3 is 3.10 bits per heavy atom. The minimum Gasteiger partial charge on any atom is -0.467 e. The van der Waals surface area contributed by atoms with Gasteiger partial charge in [0, 0.05) is 11.4 Å². The smallest absolute Gasteiger partial charge is 0.258 e. The van der Waals surface area contributed by atoms with Crippen molar-refractivity contribution >= 4 is 27.5 Å². The van der Waals surface area contributed by atoms with Crippen molar-refractivity contribution < 1.29 is 9.53 Å². The molecule has 112 valence electrons. The Morgan fingerprint density at radius 1 is 1.38 bits per heavy atom. The van der Waals surface area contributed by atoms with Gasteiger partial charge in [-0.3, -0.25) is 4.79 Å². The fraction of sp³-hybridized carbons (Fsp3) is 0.533. The predicted molar refractivity (Wildman–Crippen MR) is 82.9 cm³/mol. The summed E-state index contributed by atoms with van der Waals surface area (Å²) in [5, 5.41) is 3.82. The second kappa shape index (κ2) is 6.39. The molecule has 0 saturated heterocycles. The molecule has 0 spiro atoms. The number of rotatable bonds is 5. The largest absolute Gasteiger partial charge is 0.467 e. The average molecular weight is 305 g/mol. The van der Waals surface area contributed by atoms with Crippen LogP contribution in [0.4, 0.5) is 0 Å². The molecule has 1 N–H and O–H groups in total. The van der Waals surface area contributed by atoms with E-state index in [1.165, 1.54) is 29.6 Å². The van der Waals surface area contributed by atoms with Gasteiger partial charge < -0.3 is 10.1 Å². The van der Waals surface area contributed by atoms with Crippen LogP contribution in [-0.4, -0.2) is 29.0 Å². The molecule has 2 aromatic heterocycles. The van der Waals surface area contributed by atoms with Crippen molar-refractivity contribution in [1.29, 1.82) is 0 Å². The molecule has 1 aliphatic carbocycles. The first kappa shape index (κ1) is 14.3. The zero-order valence-electron chi connectivity index (χ0n) is 12.1. The monoisotopic (exact) mass is 305 g/mol. The molecular formula is C15H19N3O2S. The number of hydrogen-bond acceptors (Lipinski definition) is 5. The molecule has 6 heteroatoms. The SMILES string of the molecule is CCCNC(=O)COc1ncnc2sc3c(c12)CCCC3. The zero-order valence-corrected chi connectivity index (χ0v) is 13.0. The molecule has 2 heterocycles. The van der Waals surface area contributed by atoms with Crippen LogP contribution in [0.2, 0.25) is 0 Å². The molecular weight excluding hydrogens is 286 g/mol. The van der Waals surface area contributed by atoms with Crippen molar-refractivity contribution in [3.05, 3.63) is 16.8 Å². The standard InChI is InChI=1S/C15H19N3O2S/c1-2-7-16-12(19)8-20-14-13-10-5-3-4-6-11(10)21-15(13)18-9-17-14/h9H,2-8H2,1H3,(H,16,19). The van der Waals surface area contributed by atoms with E-state index in [1.807, 2.05) is 6.92 Å². The average Bonchev–Trinajstić information content (AvgIpc) is 2.90. The Labute approximate surface area is 127 Å². The molecule has 0 aliphatic heterocycles. The van der Waals surface area contributed by atoms with E-state index in [1.54, 1.807) is 11.3 Å². The first-order valence-electron chi connectivity index (χ1n) is 7.44. The summed E-state index contributed by atoms with van der Waals surface area (Å²) in [5.74, 6) is 0.443.